The van der Waals surface area contributed by atoms with Crippen LogP contribution in [0.1, 0.15) is 21.5 Å². The van der Waals surface area contributed by atoms with E-state index in [0.29, 0.717) is 11.3 Å². The molecule has 2 aromatic carbocycles. The molecule has 4 rings (SSSR count). The topological polar surface area (TPSA) is 98.0 Å². The predicted octanol–water partition coefficient (Wildman–Crippen LogP) is 5.14. The Kier molecular flexibility index (Phi) is 4.77. The molecule has 0 unspecified atom stereocenters. The zero-order valence-electron chi connectivity index (χ0n) is 15.7. The lowest BCUT2D eigenvalue weighted by Gasteiger charge is -2.10. The van der Waals surface area contributed by atoms with Crippen molar-refractivity contribution in [2.24, 2.45) is 0 Å². The summed E-state index contributed by atoms with van der Waals surface area (Å²) in [4.78, 5) is 33.0. The summed E-state index contributed by atoms with van der Waals surface area (Å²) in [7, 11) is 0. The second-order valence-corrected chi connectivity index (χ2v) is 7.57. The third-order valence-electron chi connectivity index (χ3n) is 4.56. The Bertz CT molecular complexity index is 1230. The lowest BCUT2D eigenvalue weighted by atomic mass is 10.1. The molecule has 1 N–H and O–H groups in total. The van der Waals surface area contributed by atoms with Gasteiger partial charge < -0.3 is 5.32 Å². The lowest BCUT2D eigenvalue weighted by molar-refractivity contribution is -0.385. The molecule has 0 aliphatic heterocycles. The van der Waals surface area contributed by atoms with E-state index in [4.69, 9.17) is 0 Å². The highest BCUT2D eigenvalue weighted by atomic mass is 32.1. The number of benzene rings is 2. The number of anilines is 1. The van der Waals surface area contributed by atoms with E-state index in [2.05, 4.69) is 15.3 Å². The third-order valence-corrected chi connectivity index (χ3v) is 5.58. The number of hydrogen-bond acceptors (Lipinski definition) is 6. The van der Waals surface area contributed by atoms with Crippen LogP contribution in [0.25, 0.3) is 20.9 Å². The average molecular weight is 404 g/mol. The quantitative estimate of drug-likeness (QED) is 0.375. The van der Waals surface area contributed by atoms with E-state index in [-0.39, 0.29) is 11.3 Å². The van der Waals surface area contributed by atoms with Gasteiger partial charge in [0.15, 0.2) is 0 Å². The van der Waals surface area contributed by atoms with E-state index in [1.54, 1.807) is 25.3 Å². The van der Waals surface area contributed by atoms with Gasteiger partial charge in [0.1, 0.15) is 15.4 Å². The molecule has 2 heterocycles. The molecule has 0 spiro atoms. The summed E-state index contributed by atoms with van der Waals surface area (Å²) in [6.45, 7) is 3.53. The van der Waals surface area contributed by atoms with Gasteiger partial charge in [-0.25, -0.2) is 9.97 Å². The van der Waals surface area contributed by atoms with E-state index < -0.39 is 10.8 Å². The second kappa shape index (κ2) is 7.40. The molecule has 8 heteroatoms. The van der Waals surface area contributed by atoms with Crippen LogP contribution in [0, 0.1) is 24.0 Å². The van der Waals surface area contributed by atoms with Crippen LogP contribution in [-0.4, -0.2) is 20.8 Å². The summed E-state index contributed by atoms with van der Waals surface area (Å²) in [5.74, 6) is -0.395. The average Bonchev–Trinajstić information content (AvgIpc) is 3.13. The smallest absolute Gasteiger partial charge is 0.273 e. The Morgan fingerprint density at radius 2 is 1.93 bits per heavy atom. The number of pyridine rings is 1. The summed E-state index contributed by atoms with van der Waals surface area (Å²) in [5.41, 5.74) is 3.97. The van der Waals surface area contributed by atoms with Crippen LogP contribution >= 0.6 is 11.3 Å². The number of nitrogens with one attached hydrogen (secondary N) is 1. The largest absolute Gasteiger partial charge is 0.322 e. The molecule has 29 heavy (non-hydrogen) atoms. The maximum absolute atomic E-state index is 12.6. The van der Waals surface area contributed by atoms with Gasteiger partial charge in [-0.3, -0.25) is 14.9 Å². The highest BCUT2D eigenvalue weighted by molar-refractivity contribution is 7.21. The number of fused-ring (bicyclic) bond motifs is 1. The number of carbonyl (C=O) groups is 1. The van der Waals surface area contributed by atoms with Crippen LogP contribution in [-0.2, 0) is 0 Å². The van der Waals surface area contributed by atoms with Crippen molar-refractivity contribution < 1.29 is 9.72 Å². The van der Waals surface area contributed by atoms with E-state index in [1.807, 2.05) is 37.3 Å². The number of aryl methyl sites for hydroxylation is 2. The summed E-state index contributed by atoms with van der Waals surface area (Å²) in [5, 5.41) is 14.8. The van der Waals surface area contributed by atoms with Crippen LogP contribution in [0.3, 0.4) is 0 Å². The number of thiazole rings is 1. The fourth-order valence-electron chi connectivity index (χ4n) is 2.97. The van der Waals surface area contributed by atoms with Gasteiger partial charge in [0.2, 0.25) is 0 Å². The first-order chi connectivity index (χ1) is 13.9. The molecule has 0 aliphatic carbocycles. The fourth-order valence-corrected chi connectivity index (χ4v) is 3.88. The molecule has 7 nitrogen and oxygen atoms in total. The summed E-state index contributed by atoms with van der Waals surface area (Å²) in [6, 6.07) is 13.9. The third kappa shape index (κ3) is 3.70. The minimum absolute atomic E-state index is 0.0748. The highest BCUT2D eigenvalue weighted by Gasteiger charge is 2.16. The molecular weight excluding hydrogens is 388 g/mol. The van der Waals surface area contributed by atoms with Gasteiger partial charge in [0.05, 0.1) is 4.92 Å². The zero-order valence-corrected chi connectivity index (χ0v) is 16.5. The van der Waals surface area contributed by atoms with Gasteiger partial charge >= 0.3 is 0 Å². The van der Waals surface area contributed by atoms with Gasteiger partial charge in [-0.05, 0) is 55.8 Å². The number of nitrogens with zero attached hydrogens (tertiary/aromatic N) is 3. The molecule has 0 radical (unpaired) electrons. The molecule has 0 fully saturated rings. The molecule has 0 saturated heterocycles. The lowest BCUT2D eigenvalue weighted by Crippen LogP contribution is -2.13. The first-order valence-electron chi connectivity index (χ1n) is 8.81. The first-order valence-corrected chi connectivity index (χ1v) is 9.63. The van der Waals surface area contributed by atoms with Gasteiger partial charge in [0, 0.05) is 34.6 Å². The Hall–Kier alpha value is -3.65. The van der Waals surface area contributed by atoms with Crippen molar-refractivity contribution in [2.45, 2.75) is 13.8 Å². The monoisotopic (exact) mass is 404 g/mol. The van der Waals surface area contributed by atoms with Gasteiger partial charge in [-0.1, -0.05) is 17.4 Å². The maximum Gasteiger partial charge on any atom is 0.273 e. The number of nitro benzene ring substituents is 1. The molecule has 1 amide bonds. The van der Waals surface area contributed by atoms with Gasteiger partial charge in [0.25, 0.3) is 11.6 Å². The standard InChI is InChI=1S/C21H16N4O3S/c1-12-5-6-14(11-18(12)25(27)28)19(26)23-16-8-7-15(10-13(16)2)20-24-17-4-3-9-22-21(17)29-20/h3-11H,1-2H3,(H,23,26). The minimum atomic E-state index is -0.487. The van der Waals surface area contributed by atoms with Gasteiger partial charge in [-0.2, -0.15) is 0 Å². The Labute approximate surface area is 170 Å². The second-order valence-electron chi connectivity index (χ2n) is 6.59. The number of aromatic nitrogens is 2. The summed E-state index contributed by atoms with van der Waals surface area (Å²) in [6.07, 6.45) is 1.74. The first kappa shape index (κ1) is 18.7. The molecule has 0 saturated carbocycles. The van der Waals surface area contributed by atoms with Crippen molar-refractivity contribution in [3.8, 4) is 10.6 Å². The van der Waals surface area contributed by atoms with Crippen molar-refractivity contribution in [3.63, 3.8) is 0 Å². The Morgan fingerprint density at radius 3 is 2.66 bits per heavy atom. The Balaban J connectivity index is 1.59. The number of amides is 1. The highest BCUT2D eigenvalue weighted by Crippen LogP contribution is 2.31. The fraction of sp³-hybridized carbons (Fsp3) is 0.0952. The van der Waals surface area contributed by atoms with Crippen molar-refractivity contribution in [1.82, 2.24) is 9.97 Å². The molecule has 0 bridgehead atoms. The van der Waals surface area contributed by atoms with E-state index in [0.717, 1.165) is 26.5 Å². The molecule has 144 valence electrons. The van der Waals surface area contributed by atoms with Crippen molar-refractivity contribution in [2.75, 3.05) is 5.32 Å². The maximum atomic E-state index is 12.6. The van der Waals surface area contributed by atoms with E-state index in [1.165, 1.54) is 17.4 Å². The van der Waals surface area contributed by atoms with Crippen LogP contribution in [0.4, 0.5) is 11.4 Å². The number of hydrogen-bond donors (Lipinski definition) is 1. The van der Waals surface area contributed by atoms with Crippen LogP contribution in [0.15, 0.2) is 54.7 Å². The normalized spacial score (nSPS) is 10.8. The van der Waals surface area contributed by atoms with E-state index in [9.17, 15) is 14.9 Å². The van der Waals surface area contributed by atoms with Gasteiger partial charge in [-0.15, -0.1) is 0 Å². The van der Waals surface area contributed by atoms with Crippen molar-refractivity contribution in [1.29, 1.82) is 0 Å². The molecule has 0 aliphatic rings. The van der Waals surface area contributed by atoms with Crippen molar-refractivity contribution in [3.05, 3.63) is 81.5 Å². The molecule has 0 atom stereocenters. The summed E-state index contributed by atoms with van der Waals surface area (Å²) >= 11 is 1.51. The predicted molar refractivity (Wildman–Crippen MR) is 113 cm³/mol. The summed E-state index contributed by atoms with van der Waals surface area (Å²) < 4.78 is 0. The van der Waals surface area contributed by atoms with Crippen LogP contribution in [0.2, 0.25) is 0 Å². The Morgan fingerprint density at radius 1 is 1.10 bits per heavy atom. The molecular formula is C21H16N4O3S. The van der Waals surface area contributed by atoms with E-state index >= 15 is 0 Å². The zero-order chi connectivity index (χ0) is 20.5. The van der Waals surface area contributed by atoms with Crippen LogP contribution in [0.5, 0.6) is 0 Å². The van der Waals surface area contributed by atoms with Crippen molar-refractivity contribution >= 4 is 39.0 Å². The van der Waals surface area contributed by atoms with Crippen LogP contribution < -0.4 is 5.32 Å². The minimum Gasteiger partial charge on any atom is -0.322 e. The number of nitro groups is 1. The SMILES string of the molecule is Cc1cc(-c2nc3cccnc3s2)ccc1NC(=O)c1ccc(C)c([N+](=O)[O-])c1. The number of carbonyl (C=O) groups excluding carboxylic acids is 1. The number of rotatable bonds is 4. The molecule has 4 aromatic rings. The molecule has 2 aromatic heterocycles.